The van der Waals surface area contributed by atoms with Crippen molar-refractivity contribution in [3.05, 3.63) is 42.0 Å². The highest BCUT2D eigenvalue weighted by Gasteiger charge is 2.21. The zero-order valence-electron chi connectivity index (χ0n) is 13.2. The summed E-state index contributed by atoms with van der Waals surface area (Å²) in [4.78, 5) is 0. The van der Waals surface area contributed by atoms with Crippen LogP contribution in [0.5, 0.6) is 5.75 Å². The number of hydrogen-bond acceptors (Lipinski definition) is 3. The molecule has 0 fully saturated rings. The number of ether oxygens (including phenoxy) is 1. The van der Waals surface area contributed by atoms with Gasteiger partial charge in [-0.3, -0.25) is 0 Å². The lowest BCUT2D eigenvalue weighted by atomic mass is 10.00. The van der Waals surface area contributed by atoms with E-state index in [-0.39, 0.29) is 11.6 Å². The largest absolute Gasteiger partial charge is 0.489 e. The predicted molar refractivity (Wildman–Crippen MR) is 84.1 cm³/mol. The second-order valence-electron chi connectivity index (χ2n) is 6.44. The zero-order valence-corrected chi connectivity index (χ0v) is 13.2. The van der Waals surface area contributed by atoms with E-state index in [4.69, 9.17) is 4.74 Å². The maximum atomic E-state index is 10.3. The third-order valence-corrected chi connectivity index (χ3v) is 2.84. The van der Waals surface area contributed by atoms with Gasteiger partial charge in [0.05, 0.1) is 6.10 Å². The number of aliphatic hydroxyl groups excluding tert-OH is 1. The fourth-order valence-corrected chi connectivity index (χ4v) is 2.02. The SMILES string of the molecule is C=C(C)COc1ccc(C(O)C(C)NC(C)(C)C)cc1. The van der Waals surface area contributed by atoms with E-state index in [0.29, 0.717) is 6.61 Å². The lowest BCUT2D eigenvalue weighted by molar-refractivity contribution is 0.121. The van der Waals surface area contributed by atoms with Crippen LogP contribution < -0.4 is 10.1 Å². The molecule has 0 saturated carbocycles. The van der Waals surface area contributed by atoms with Crippen LogP contribution in [0.15, 0.2) is 36.4 Å². The molecule has 0 heterocycles. The van der Waals surface area contributed by atoms with E-state index in [2.05, 4.69) is 32.7 Å². The van der Waals surface area contributed by atoms with Crippen LogP contribution in [0.2, 0.25) is 0 Å². The van der Waals surface area contributed by atoms with E-state index in [9.17, 15) is 5.11 Å². The Morgan fingerprint density at radius 3 is 2.30 bits per heavy atom. The molecule has 0 bridgehead atoms. The topological polar surface area (TPSA) is 41.5 Å². The molecule has 0 radical (unpaired) electrons. The summed E-state index contributed by atoms with van der Waals surface area (Å²) in [6.45, 7) is 14.5. The first-order valence-electron chi connectivity index (χ1n) is 7.02. The van der Waals surface area contributed by atoms with E-state index in [1.54, 1.807) is 0 Å². The molecule has 20 heavy (non-hydrogen) atoms. The van der Waals surface area contributed by atoms with Gasteiger partial charge >= 0.3 is 0 Å². The van der Waals surface area contributed by atoms with Crippen LogP contribution in [-0.2, 0) is 0 Å². The van der Waals surface area contributed by atoms with E-state index in [1.807, 2.05) is 38.1 Å². The number of aliphatic hydroxyl groups is 1. The van der Waals surface area contributed by atoms with Crippen molar-refractivity contribution in [2.45, 2.75) is 52.3 Å². The average Bonchev–Trinajstić information content (AvgIpc) is 2.34. The summed E-state index contributed by atoms with van der Waals surface area (Å²) in [5.41, 5.74) is 1.85. The molecule has 3 heteroatoms. The molecular formula is C17H27NO2. The summed E-state index contributed by atoms with van der Waals surface area (Å²) >= 11 is 0. The molecule has 0 amide bonds. The molecule has 1 aromatic carbocycles. The first kappa shape index (κ1) is 16.7. The summed E-state index contributed by atoms with van der Waals surface area (Å²) < 4.78 is 5.55. The molecular weight excluding hydrogens is 250 g/mol. The van der Waals surface area contributed by atoms with Gasteiger partial charge in [-0.2, -0.15) is 0 Å². The van der Waals surface area contributed by atoms with Gasteiger partial charge in [-0.25, -0.2) is 0 Å². The average molecular weight is 277 g/mol. The summed E-state index contributed by atoms with van der Waals surface area (Å²) in [7, 11) is 0. The van der Waals surface area contributed by atoms with Crippen LogP contribution in [0, 0.1) is 0 Å². The summed E-state index contributed by atoms with van der Waals surface area (Å²) in [6, 6.07) is 7.55. The fourth-order valence-electron chi connectivity index (χ4n) is 2.02. The summed E-state index contributed by atoms with van der Waals surface area (Å²) in [5, 5.41) is 13.7. The molecule has 3 nitrogen and oxygen atoms in total. The van der Waals surface area contributed by atoms with Gasteiger partial charge in [0.15, 0.2) is 0 Å². The van der Waals surface area contributed by atoms with Crippen molar-refractivity contribution in [2.75, 3.05) is 6.61 Å². The third kappa shape index (κ3) is 5.76. The maximum Gasteiger partial charge on any atom is 0.119 e. The van der Waals surface area contributed by atoms with Gasteiger partial charge in [-0.1, -0.05) is 18.7 Å². The van der Waals surface area contributed by atoms with Gasteiger partial charge in [-0.05, 0) is 57.9 Å². The number of nitrogens with one attached hydrogen (secondary N) is 1. The van der Waals surface area contributed by atoms with Gasteiger partial charge in [0.1, 0.15) is 12.4 Å². The number of rotatable bonds is 6. The Labute approximate surface area is 122 Å². The molecule has 0 aliphatic rings. The molecule has 0 spiro atoms. The molecule has 2 atom stereocenters. The molecule has 0 aliphatic carbocycles. The van der Waals surface area contributed by atoms with Crippen LogP contribution in [-0.4, -0.2) is 23.3 Å². The van der Waals surface area contributed by atoms with Crippen molar-refractivity contribution in [2.24, 2.45) is 0 Å². The van der Waals surface area contributed by atoms with E-state index in [1.165, 1.54) is 0 Å². The standard InChI is InChI=1S/C17H27NO2/c1-12(2)11-20-15-9-7-14(8-10-15)16(19)13(3)18-17(4,5)6/h7-10,13,16,18-19H,1,11H2,2-6H3. The predicted octanol–water partition coefficient (Wildman–Crippen LogP) is 3.45. The monoisotopic (exact) mass is 277 g/mol. The van der Waals surface area contributed by atoms with Gasteiger partial charge in [0.2, 0.25) is 0 Å². The van der Waals surface area contributed by atoms with Gasteiger partial charge < -0.3 is 15.2 Å². The first-order valence-corrected chi connectivity index (χ1v) is 7.02. The molecule has 2 N–H and O–H groups in total. The highest BCUT2D eigenvalue weighted by atomic mass is 16.5. The Balaban J connectivity index is 2.65. The fraction of sp³-hybridized carbons (Fsp3) is 0.529. The van der Waals surface area contributed by atoms with Crippen LogP contribution in [0.3, 0.4) is 0 Å². The van der Waals surface area contributed by atoms with Crippen molar-refractivity contribution in [3.63, 3.8) is 0 Å². The van der Waals surface area contributed by atoms with Gasteiger partial charge in [0, 0.05) is 11.6 Å². The Bertz CT molecular complexity index is 431. The first-order chi connectivity index (χ1) is 9.19. The normalized spacial score (nSPS) is 14.7. The highest BCUT2D eigenvalue weighted by Crippen LogP contribution is 2.21. The van der Waals surface area contributed by atoms with E-state index < -0.39 is 6.10 Å². The highest BCUT2D eigenvalue weighted by molar-refractivity contribution is 5.29. The Morgan fingerprint density at radius 1 is 1.30 bits per heavy atom. The van der Waals surface area contributed by atoms with Crippen molar-refractivity contribution in [3.8, 4) is 5.75 Å². The molecule has 112 valence electrons. The lowest BCUT2D eigenvalue weighted by Gasteiger charge is -2.29. The maximum absolute atomic E-state index is 10.3. The lowest BCUT2D eigenvalue weighted by Crippen LogP contribution is -2.44. The molecule has 0 aromatic heterocycles. The van der Waals surface area contributed by atoms with Crippen molar-refractivity contribution in [1.82, 2.24) is 5.32 Å². The second-order valence-corrected chi connectivity index (χ2v) is 6.44. The summed E-state index contributed by atoms with van der Waals surface area (Å²) in [6.07, 6.45) is -0.538. The third-order valence-electron chi connectivity index (χ3n) is 2.84. The minimum atomic E-state index is -0.538. The van der Waals surface area contributed by atoms with Crippen molar-refractivity contribution < 1.29 is 9.84 Å². The minimum absolute atomic E-state index is 0.0165. The number of hydrogen-bond donors (Lipinski definition) is 2. The summed E-state index contributed by atoms with van der Waals surface area (Å²) in [5.74, 6) is 0.792. The number of benzene rings is 1. The van der Waals surface area contributed by atoms with Crippen LogP contribution in [0.1, 0.15) is 46.3 Å². The van der Waals surface area contributed by atoms with Crippen LogP contribution >= 0.6 is 0 Å². The van der Waals surface area contributed by atoms with E-state index >= 15 is 0 Å². The van der Waals surface area contributed by atoms with Crippen molar-refractivity contribution in [1.29, 1.82) is 0 Å². The van der Waals surface area contributed by atoms with Crippen LogP contribution in [0.25, 0.3) is 0 Å². The molecule has 2 unspecified atom stereocenters. The van der Waals surface area contributed by atoms with Crippen LogP contribution in [0.4, 0.5) is 0 Å². The Morgan fingerprint density at radius 2 is 1.85 bits per heavy atom. The smallest absolute Gasteiger partial charge is 0.119 e. The zero-order chi connectivity index (χ0) is 15.3. The van der Waals surface area contributed by atoms with E-state index in [0.717, 1.165) is 16.9 Å². The second kappa shape index (κ2) is 6.91. The minimum Gasteiger partial charge on any atom is -0.489 e. The molecule has 0 aliphatic heterocycles. The Hall–Kier alpha value is -1.32. The van der Waals surface area contributed by atoms with Crippen molar-refractivity contribution >= 4 is 0 Å². The van der Waals surface area contributed by atoms with Gasteiger partial charge in [-0.15, -0.1) is 0 Å². The molecule has 1 rings (SSSR count). The quantitative estimate of drug-likeness (QED) is 0.783. The molecule has 1 aromatic rings. The van der Waals surface area contributed by atoms with Gasteiger partial charge in [0.25, 0.3) is 0 Å². The molecule has 0 saturated heterocycles. The Kier molecular flexibility index (Phi) is 5.78.